The molecule has 616 valence electrons. The van der Waals surface area contributed by atoms with Gasteiger partial charge in [-0.3, -0.25) is 32.5 Å². The molecule has 0 aliphatic carbocycles. The van der Waals surface area contributed by atoms with Gasteiger partial charge in [-0.1, -0.05) is 337 Å². The molecular formula is C91H146O16P2. The molecule has 0 aromatic heterocycles. The maximum atomic E-state index is 12.9. The van der Waals surface area contributed by atoms with Crippen molar-refractivity contribution in [1.29, 1.82) is 0 Å². The molecule has 0 rings (SSSR count). The second kappa shape index (κ2) is 81.6. The highest BCUT2D eigenvalue weighted by atomic mass is 31.2. The lowest BCUT2D eigenvalue weighted by atomic mass is 10.0. The number of aliphatic hydroxyl groups excluding tert-OH is 2. The topological polar surface area (TPSA) is 231 Å². The fraction of sp³-hybridized carbons (Fsp3) is 0.593. The number of hydrogen-bond donors (Lipinski definition) is 4. The van der Waals surface area contributed by atoms with Gasteiger partial charge in [0.05, 0.1) is 26.4 Å². The van der Waals surface area contributed by atoms with Crippen LogP contribution in [0.25, 0.3) is 0 Å². The Morgan fingerprint density at radius 1 is 0.257 bits per heavy atom. The van der Waals surface area contributed by atoms with E-state index >= 15 is 0 Å². The summed E-state index contributed by atoms with van der Waals surface area (Å²) >= 11 is 0. The zero-order valence-corrected chi connectivity index (χ0v) is 69.2. The third-order valence-corrected chi connectivity index (χ3v) is 18.4. The van der Waals surface area contributed by atoms with Gasteiger partial charge in [0.15, 0.2) is 6.10 Å². The summed E-state index contributed by atoms with van der Waals surface area (Å²) in [6.07, 6.45) is 109. The van der Waals surface area contributed by atoms with E-state index < -0.39 is 91.5 Å². The van der Waals surface area contributed by atoms with Crippen LogP contribution in [0.2, 0.25) is 0 Å². The molecule has 4 N–H and O–H groups in total. The second-order valence-corrected chi connectivity index (χ2v) is 29.7. The molecule has 0 aliphatic heterocycles. The van der Waals surface area contributed by atoms with Crippen LogP contribution in [0.5, 0.6) is 0 Å². The number of carbonyl (C=O) groups excluding carboxylic acids is 3. The Morgan fingerprint density at radius 3 is 0.780 bits per heavy atom. The highest BCUT2D eigenvalue weighted by molar-refractivity contribution is 7.47. The summed E-state index contributed by atoms with van der Waals surface area (Å²) in [5, 5.41) is 20.7. The van der Waals surface area contributed by atoms with Crippen molar-refractivity contribution in [2.24, 2.45) is 0 Å². The lowest BCUT2D eigenvalue weighted by molar-refractivity contribution is -0.161. The van der Waals surface area contributed by atoms with Crippen LogP contribution < -0.4 is 0 Å². The highest BCUT2D eigenvalue weighted by Crippen LogP contribution is 2.45. The lowest BCUT2D eigenvalue weighted by Crippen LogP contribution is -2.29. The predicted octanol–water partition coefficient (Wildman–Crippen LogP) is 24.9. The number of aliphatic hydroxyl groups is 2. The van der Waals surface area contributed by atoms with E-state index in [1.807, 2.05) is 36.5 Å². The van der Waals surface area contributed by atoms with Crippen LogP contribution in [-0.2, 0) is 55.8 Å². The van der Waals surface area contributed by atoms with Crippen molar-refractivity contribution in [2.45, 2.75) is 309 Å². The van der Waals surface area contributed by atoms with Gasteiger partial charge in [-0.2, -0.15) is 0 Å². The molecule has 0 saturated heterocycles. The van der Waals surface area contributed by atoms with Gasteiger partial charge in [-0.15, -0.1) is 0 Å². The SMILES string of the molecule is CC/C=C\C/C=C\C/C=C\C/C=C\C/C=C\C/C=C\CCC(=O)OCC(COP(=O)(O)OCC(O)COP(=O)(O)OCC(O)COC(=O)CCCCCCCCCCCCCCCCCCCCC/C=C\C/C=C\C/C=C\C/C=C\C/C=C\CC)OC(=O)CC/C=C\C/C=C\C/C=C\C/C=C\C/C=C\C/C=C\CC. The monoisotopic (exact) mass is 1560 g/mol. The van der Waals surface area contributed by atoms with E-state index in [0.717, 1.165) is 116 Å². The zero-order chi connectivity index (χ0) is 79.4. The van der Waals surface area contributed by atoms with Crippen LogP contribution in [0.15, 0.2) is 207 Å². The Hall–Kier alpha value is -5.87. The third kappa shape index (κ3) is 82.9. The summed E-state index contributed by atoms with van der Waals surface area (Å²) in [4.78, 5) is 58.6. The van der Waals surface area contributed by atoms with Gasteiger partial charge in [0.25, 0.3) is 0 Å². The Bertz CT molecular complexity index is 2810. The molecule has 0 heterocycles. The van der Waals surface area contributed by atoms with Gasteiger partial charge in [-0.05, 0) is 141 Å². The first kappa shape index (κ1) is 103. The first-order valence-electron chi connectivity index (χ1n) is 41.4. The highest BCUT2D eigenvalue weighted by Gasteiger charge is 2.29. The Balaban J connectivity index is 4.56. The minimum Gasteiger partial charge on any atom is -0.463 e. The summed E-state index contributed by atoms with van der Waals surface area (Å²) < 4.78 is 61.0. The molecule has 0 aromatic rings. The number of hydrogen-bond acceptors (Lipinski definition) is 14. The number of ether oxygens (including phenoxy) is 3. The van der Waals surface area contributed by atoms with Crippen molar-refractivity contribution in [3.8, 4) is 0 Å². The minimum atomic E-state index is -4.98. The van der Waals surface area contributed by atoms with E-state index in [9.17, 15) is 43.5 Å². The van der Waals surface area contributed by atoms with Gasteiger partial charge < -0.3 is 34.2 Å². The molecule has 0 spiro atoms. The molecule has 0 aliphatic rings. The van der Waals surface area contributed by atoms with E-state index in [0.29, 0.717) is 32.1 Å². The van der Waals surface area contributed by atoms with Crippen LogP contribution >= 0.6 is 15.6 Å². The van der Waals surface area contributed by atoms with E-state index in [2.05, 4.69) is 191 Å². The molecule has 0 saturated carbocycles. The summed E-state index contributed by atoms with van der Waals surface area (Å²) in [6.45, 7) is 2.14. The van der Waals surface area contributed by atoms with Gasteiger partial charge in [0, 0.05) is 19.3 Å². The van der Waals surface area contributed by atoms with E-state index in [4.69, 9.17) is 32.3 Å². The molecule has 0 radical (unpaired) electrons. The van der Waals surface area contributed by atoms with Crippen molar-refractivity contribution in [2.75, 3.05) is 39.6 Å². The summed E-state index contributed by atoms with van der Waals surface area (Å²) in [5.74, 6) is -1.78. The number of esters is 3. The normalized spacial score (nSPS) is 15.0. The van der Waals surface area contributed by atoms with Crippen LogP contribution in [0.3, 0.4) is 0 Å². The maximum Gasteiger partial charge on any atom is 0.472 e. The van der Waals surface area contributed by atoms with Gasteiger partial charge in [0.2, 0.25) is 0 Å². The van der Waals surface area contributed by atoms with Crippen molar-refractivity contribution < 1.29 is 75.8 Å². The zero-order valence-electron chi connectivity index (χ0n) is 67.4. The van der Waals surface area contributed by atoms with Gasteiger partial charge in [0.1, 0.15) is 25.4 Å². The second-order valence-electron chi connectivity index (χ2n) is 26.8. The van der Waals surface area contributed by atoms with Crippen molar-refractivity contribution in [1.82, 2.24) is 0 Å². The predicted molar refractivity (Wildman–Crippen MR) is 454 cm³/mol. The first-order chi connectivity index (χ1) is 53.2. The molecule has 5 unspecified atom stereocenters. The third-order valence-electron chi connectivity index (χ3n) is 16.5. The van der Waals surface area contributed by atoms with Crippen LogP contribution in [-0.4, -0.2) is 95.9 Å². The Labute approximate surface area is 660 Å². The first-order valence-corrected chi connectivity index (χ1v) is 44.4. The molecular weight excluding hydrogens is 1410 g/mol. The van der Waals surface area contributed by atoms with Crippen molar-refractivity contribution in [3.05, 3.63) is 207 Å². The number of phosphoric acid groups is 2. The molecule has 109 heavy (non-hydrogen) atoms. The Kier molecular flexibility index (Phi) is 77.2. The Morgan fingerprint density at radius 2 is 0.477 bits per heavy atom. The fourth-order valence-corrected chi connectivity index (χ4v) is 11.9. The molecule has 0 amide bonds. The smallest absolute Gasteiger partial charge is 0.463 e. The van der Waals surface area contributed by atoms with Crippen molar-refractivity contribution in [3.63, 3.8) is 0 Å². The van der Waals surface area contributed by atoms with Gasteiger partial charge >= 0.3 is 33.6 Å². The largest absolute Gasteiger partial charge is 0.472 e. The average Bonchev–Trinajstić information content (AvgIpc) is 0.903. The molecule has 5 atom stereocenters. The molecule has 0 aromatic carbocycles. The standard InChI is InChI=1S/C91H146O16P2/c1-4-7-10-13-16-19-22-25-28-31-34-35-36-37-38-39-40-41-42-43-44-45-46-47-48-49-52-54-56-59-62-65-68-71-74-77-89(94)101-80-86(92)81-103-108(97,98)104-82-87(93)83-105-109(99,100)106-85-88(107-91(96)79-76-73-70-67-64-61-58-55-51-33-30-27-24-21-18-15-12-9-6-3)84-102-90(95)78-75-72-69-66-63-60-57-53-50-32-29-26-23-20-17-14-11-8-5-2/h7-12,16-21,25-30,34-35,37-38,50-51,53,55,60-61,63-64,69-70,72-73,86-88,92-93H,4-6,13-15,22-24,31-33,36,39-49,52,54,56-59,62,65-68,71,74-85H2,1-3H3,(H,97,98)(H,99,100)/b10-7-,11-8-,12-9-,19-16-,20-17-,21-18-,28-25-,29-26-,30-27-,35-34-,38-37-,53-50-,55-51-,63-60-,64-61-,72-69-,73-70-. The lowest BCUT2D eigenvalue weighted by Gasteiger charge is -2.21. The molecule has 18 heteroatoms. The van der Waals surface area contributed by atoms with Crippen LogP contribution in [0, 0.1) is 0 Å². The summed E-state index contributed by atoms with van der Waals surface area (Å²) in [5.41, 5.74) is 0. The molecule has 16 nitrogen and oxygen atoms in total. The average molecular weight is 1560 g/mol. The number of unbranched alkanes of at least 4 members (excludes halogenated alkanes) is 19. The quantitative estimate of drug-likeness (QED) is 0.0146. The summed E-state index contributed by atoms with van der Waals surface area (Å²) in [7, 11) is -9.86. The van der Waals surface area contributed by atoms with E-state index in [1.54, 1.807) is 0 Å². The van der Waals surface area contributed by atoms with Gasteiger partial charge in [-0.25, -0.2) is 9.13 Å². The number of rotatable bonds is 76. The number of allylic oxidation sites excluding steroid dienone is 34. The number of carbonyl (C=O) groups is 3. The number of phosphoric ester groups is 2. The van der Waals surface area contributed by atoms with Crippen LogP contribution in [0.1, 0.15) is 290 Å². The fourth-order valence-electron chi connectivity index (χ4n) is 10.4. The van der Waals surface area contributed by atoms with Crippen molar-refractivity contribution >= 4 is 33.6 Å². The molecule has 0 fully saturated rings. The van der Waals surface area contributed by atoms with E-state index in [1.165, 1.54) is 103 Å². The van der Waals surface area contributed by atoms with Crippen LogP contribution in [0.4, 0.5) is 0 Å². The summed E-state index contributed by atoms with van der Waals surface area (Å²) in [6, 6.07) is 0. The van der Waals surface area contributed by atoms with E-state index in [-0.39, 0.29) is 19.3 Å². The maximum absolute atomic E-state index is 12.9. The minimum absolute atomic E-state index is 0.0212. The molecule has 0 bridgehead atoms.